The average Bonchev–Trinajstić information content (AvgIpc) is 2.99. The van der Waals surface area contributed by atoms with Crippen molar-refractivity contribution in [3.63, 3.8) is 0 Å². The normalized spacial score (nSPS) is 19.4. The lowest BCUT2D eigenvalue weighted by Crippen LogP contribution is -2.27. The Morgan fingerprint density at radius 3 is 3.18 bits per heavy atom. The molecular weight excluding hydrogens is 218 g/mol. The van der Waals surface area contributed by atoms with Crippen LogP contribution in [0.1, 0.15) is 31.4 Å². The zero-order valence-electron chi connectivity index (χ0n) is 9.98. The van der Waals surface area contributed by atoms with Gasteiger partial charge in [-0.3, -0.25) is 4.79 Å². The molecule has 0 unspecified atom stereocenters. The van der Waals surface area contributed by atoms with E-state index in [0.717, 1.165) is 31.6 Å². The molecule has 0 radical (unpaired) electrons. The van der Waals surface area contributed by atoms with Crippen LogP contribution in [-0.2, 0) is 16.0 Å². The van der Waals surface area contributed by atoms with Gasteiger partial charge in [-0.2, -0.15) is 0 Å². The first-order valence-electron chi connectivity index (χ1n) is 6.25. The van der Waals surface area contributed by atoms with Crippen molar-refractivity contribution in [2.75, 3.05) is 13.2 Å². The van der Waals surface area contributed by atoms with Crippen molar-refractivity contribution in [1.82, 2.24) is 5.32 Å². The van der Waals surface area contributed by atoms with Crippen molar-refractivity contribution in [3.8, 4) is 0 Å². The second-order valence-electron chi connectivity index (χ2n) is 4.35. The Bertz CT molecular complexity index is 328. The number of furan rings is 1. The third-order valence-electron chi connectivity index (χ3n) is 2.99. The number of hydrogen-bond acceptors (Lipinski definition) is 3. The number of hydrogen-bond donors (Lipinski definition) is 1. The fourth-order valence-electron chi connectivity index (χ4n) is 2.02. The highest BCUT2D eigenvalue weighted by Gasteiger charge is 2.15. The molecule has 1 atom stereocenters. The maximum absolute atomic E-state index is 11.5. The molecule has 0 saturated carbocycles. The number of carbonyl (C=O) groups is 1. The van der Waals surface area contributed by atoms with Crippen LogP contribution >= 0.6 is 0 Å². The van der Waals surface area contributed by atoms with Crippen LogP contribution in [0.3, 0.4) is 0 Å². The Morgan fingerprint density at radius 2 is 2.47 bits per heavy atom. The minimum Gasteiger partial charge on any atom is -0.469 e. The lowest BCUT2D eigenvalue weighted by atomic mass is 10.2. The van der Waals surface area contributed by atoms with Crippen LogP contribution in [-0.4, -0.2) is 25.2 Å². The van der Waals surface area contributed by atoms with E-state index in [1.165, 1.54) is 0 Å². The van der Waals surface area contributed by atoms with E-state index in [9.17, 15) is 4.79 Å². The van der Waals surface area contributed by atoms with Gasteiger partial charge in [0.1, 0.15) is 5.76 Å². The van der Waals surface area contributed by atoms with Gasteiger partial charge in [0.25, 0.3) is 0 Å². The fourth-order valence-corrected chi connectivity index (χ4v) is 2.02. The molecule has 0 spiro atoms. The summed E-state index contributed by atoms with van der Waals surface area (Å²) in [6.45, 7) is 1.58. The van der Waals surface area contributed by atoms with Gasteiger partial charge in [-0.05, 0) is 31.4 Å². The molecule has 1 fully saturated rings. The van der Waals surface area contributed by atoms with E-state index >= 15 is 0 Å². The number of nitrogens with one attached hydrogen (secondary N) is 1. The van der Waals surface area contributed by atoms with Crippen molar-refractivity contribution in [2.45, 2.75) is 38.2 Å². The monoisotopic (exact) mass is 237 g/mol. The van der Waals surface area contributed by atoms with Crippen molar-refractivity contribution in [1.29, 1.82) is 0 Å². The first-order chi connectivity index (χ1) is 8.34. The summed E-state index contributed by atoms with van der Waals surface area (Å²) in [7, 11) is 0. The molecule has 2 heterocycles. The molecule has 4 heteroatoms. The summed E-state index contributed by atoms with van der Waals surface area (Å²) in [5.41, 5.74) is 0. The van der Waals surface area contributed by atoms with Crippen LogP contribution in [0.5, 0.6) is 0 Å². The van der Waals surface area contributed by atoms with Crippen LogP contribution in [0.15, 0.2) is 22.8 Å². The van der Waals surface area contributed by atoms with E-state index in [-0.39, 0.29) is 5.91 Å². The molecule has 2 rings (SSSR count). The van der Waals surface area contributed by atoms with Gasteiger partial charge in [-0.1, -0.05) is 0 Å². The molecule has 1 aliphatic rings. The summed E-state index contributed by atoms with van der Waals surface area (Å²) in [4.78, 5) is 11.5. The maximum atomic E-state index is 11.5. The summed E-state index contributed by atoms with van der Waals surface area (Å²) < 4.78 is 10.7. The van der Waals surface area contributed by atoms with Gasteiger partial charge >= 0.3 is 0 Å². The molecule has 17 heavy (non-hydrogen) atoms. The summed E-state index contributed by atoms with van der Waals surface area (Å²) >= 11 is 0. The van der Waals surface area contributed by atoms with E-state index in [1.54, 1.807) is 6.26 Å². The van der Waals surface area contributed by atoms with E-state index in [0.29, 0.717) is 25.5 Å². The van der Waals surface area contributed by atoms with Crippen LogP contribution in [0.4, 0.5) is 0 Å². The predicted molar refractivity (Wildman–Crippen MR) is 63.6 cm³/mol. The van der Waals surface area contributed by atoms with E-state index in [2.05, 4.69) is 5.32 Å². The van der Waals surface area contributed by atoms with Gasteiger partial charge in [0.15, 0.2) is 0 Å². The Labute approximate surface area is 101 Å². The SMILES string of the molecule is O=C(CCc1ccco1)NCC[C@H]1CCCO1. The number of amides is 1. The lowest BCUT2D eigenvalue weighted by molar-refractivity contribution is -0.121. The van der Waals surface area contributed by atoms with Crippen molar-refractivity contribution in [3.05, 3.63) is 24.2 Å². The molecule has 1 aliphatic heterocycles. The summed E-state index contributed by atoms with van der Waals surface area (Å²) in [5.74, 6) is 0.943. The van der Waals surface area contributed by atoms with Gasteiger partial charge in [0.2, 0.25) is 5.91 Å². The highest BCUT2D eigenvalue weighted by molar-refractivity contribution is 5.76. The quantitative estimate of drug-likeness (QED) is 0.822. The Morgan fingerprint density at radius 1 is 1.53 bits per heavy atom. The van der Waals surface area contributed by atoms with Crippen molar-refractivity contribution >= 4 is 5.91 Å². The summed E-state index contributed by atoms with van der Waals surface area (Å²) in [6, 6.07) is 3.73. The molecule has 1 aromatic heterocycles. The molecule has 0 aromatic carbocycles. The minimum atomic E-state index is 0.0828. The van der Waals surface area contributed by atoms with Crippen LogP contribution in [0, 0.1) is 0 Å². The third kappa shape index (κ3) is 4.23. The number of ether oxygens (including phenoxy) is 1. The van der Waals surface area contributed by atoms with E-state index in [1.807, 2.05) is 12.1 Å². The topological polar surface area (TPSA) is 51.5 Å². The smallest absolute Gasteiger partial charge is 0.220 e. The van der Waals surface area contributed by atoms with Gasteiger partial charge < -0.3 is 14.5 Å². The molecule has 1 amide bonds. The molecule has 4 nitrogen and oxygen atoms in total. The lowest BCUT2D eigenvalue weighted by Gasteiger charge is -2.09. The molecule has 0 aliphatic carbocycles. The number of carbonyl (C=O) groups excluding carboxylic acids is 1. The summed E-state index contributed by atoms with van der Waals surface area (Å²) in [5, 5.41) is 2.91. The van der Waals surface area contributed by atoms with E-state index in [4.69, 9.17) is 9.15 Å². The largest absolute Gasteiger partial charge is 0.469 e. The fraction of sp³-hybridized carbons (Fsp3) is 0.615. The molecule has 94 valence electrons. The second-order valence-corrected chi connectivity index (χ2v) is 4.35. The van der Waals surface area contributed by atoms with Gasteiger partial charge in [0.05, 0.1) is 12.4 Å². The Hall–Kier alpha value is -1.29. The number of rotatable bonds is 6. The minimum absolute atomic E-state index is 0.0828. The predicted octanol–water partition coefficient (Wildman–Crippen LogP) is 1.90. The molecular formula is C13H19NO3. The van der Waals surface area contributed by atoms with Gasteiger partial charge in [-0.15, -0.1) is 0 Å². The van der Waals surface area contributed by atoms with Crippen LogP contribution < -0.4 is 5.32 Å². The van der Waals surface area contributed by atoms with Gasteiger partial charge in [0, 0.05) is 26.0 Å². The highest BCUT2D eigenvalue weighted by Crippen LogP contribution is 2.14. The zero-order chi connectivity index (χ0) is 11.9. The second kappa shape index (κ2) is 6.45. The standard InChI is InChI=1S/C13H19NO3/c15-13(6-5-11-3-1-9-16-11)14-8-7-12-4-2-10-17-12/h1,3,9,12H,2,4-8,10H2,(H,14,15)/t12-/m1/s1. The Balaban J connectivity index is 1.54. The summed E-state index contributed by atoms with van der Waals surface area (Å²) in [6.07, 6.45) is 6.33. The van der Waals surface area contributed by atoms with Gasteiger partial charge in [-0.25, -0.2) is 0 Å². The molecule has 1 aromatic rings. The molecule has 1 saturated heterocycles. The molecule has 1 N–H and O–H groups in total. The van der Waals surface area contributed by atoms with E-state index < -0.39 is 0 Å². The maximum Gasteiger partial charge on any atom is 0.220 e. The van der Waals surface area contributed by atoms with Crippen molar-refractivity contribution < 1.29 is 13.9 Å². The first kappa shape index (κ1) is 12.2. The molecule has 0 bridgehead atoms. The first-order valence-corrected chi connectivity index (χ1v) is 6.25. The third-order valence-corrected chi connectivity index (χ3v) is 2.99. The van der Waals surface area contributed by atoms with Crippen LogP contribution in [0.2, 0.25) is 0 Å². The van der Waals surface area contributed by atoms with Crippen LogP contribution in [0.25, 0.3) is 0 Å². The average molecular weight is 237 g/mol. The number of aryl methyl sites for hydroxylation is 1. The highest BCUT2D eigenvalue weighted by atomic mass is 16.5. The Kier molecular flexibility index (Phi) is 4.62. The van der Waals surface area contributed by atoms with Crippen molar-refractivity contribution in [2.24, 2.45) is 0 Å². The zero-order valence-corrected chi connectivity index (χ0v) is 9.98.